The fourth-order valence-electron chi connectivity index (χ4n) is 1.63. The number of hydrogen-bond donors (Lipinski definition) is 2. The van der Waals surface area contributed by atoms with Gasteiger partial charge in [-0.15, -0.1) is 0 Å². The summed E-state index contributed by atoms with van der Waals surface area (Å²) in [6.07, 6.45) is 1.08. The van der Waals surface area contributed by atoms with Crippen molar-refractivity contribution in [2.45, 2.75) is 38.8 Å². The Morgan fingerprint density at radius 3 is 2.68 bits per heavy atom. The highest BCUT2D eigenvalue weighted by atomic mass is 16.5. The highest BCUT2D eigenvalue weighted by molar-refractivity contribution is 5.73. The Bertz CT molecular complexity index is 433. The van der Waals surface area contributed by atoms with Crippen molar-refractivity contribution in [3.63, 3.8) is 0 Å². The van der Waals surface area contributed by atoms with Gasteiger partial charge in [0.15, 0.2) is 11.5 Å². The molecule has 0 spiro atoms. The number of carbonyl (C=O) groups is 1. The highest BCUT2D eigenvalue weighted by Crippen LogP contribution is 2.33. The van der Waals surface area contributed by atoms with E-state index >= 15 is 0 Å². The molecule has 19 heavy (non-hydrogen) atoms. The van der Waals surface area contributed by atoms with Gasteiger partial charge in [-0.1, -0.05) is 19.1 Å². The van der Waals surface area contributed by atoms with Crippen LogP contribution in [-0.4, -0.2) is 30.3 Å². The molecule has 0 aliphatic rings. The molecular formula is C14H21NO4. The number of rotatable bonds is 7. The molecule has 0 aliphatic heterocycles. The Hall–Kier alpha value is -1.75. The van der Waals surface area contributed by atoms with E-state index in [0.29, 0.717) is 11.5 Å². The van der Waals surface area contributed by atoms with E-state index in [1.807, 2.05) is 19.9 Å². The topological polar surface area (TPSA) is 81.8 Å². The third-order valence-electron chi connectivity index (χ3n) is 2.93. The van der Waals surface area contributed by atoms with Crippen LogP contribution in [0.3, 0.4) is 0 Å². The van der Waals surface area contributed by atoms with Gasteiger partial charge in [0.1, 0.15) is 6.04 Å². The molecule has 1 rings (SSSR count). The average molecular weight is 267 g/mol. The zero-order chi connectivity index (χ0) is 14.4. The molecule has 2 unspecified atom stereocenters. The second-order valence-corrected chi connectivity index (χ2v) is 4.43. The molecule has 0 heterocycles. The Morgan fingerprint density at radius 2 is 2.16 bits per heavy atom. The highest BCUT2D eigenvalue weighted by Gasteiger charge is 2.18. The molecule has 3 N–H and O–H groups in total. The van der Waals surface area contributed by atoms with Crippen LogP contribution in [0.1, 0.15) is 25.8 Å². The molecule has 106 valence electrons. The van der Waals surface area contributed by atoms with Gasteiger partial charge in [-0.3, -0.25) is 4.79 Å². The smallest absolute Gasteiger partial charge is 0.320 e. The molecule has 0 fully saturated rings. The van der Waals surface area contributed by atoms with Crippen LogP contribution < -0.4 is 15.2 Å². The largest absolute Gasteiger partial charge is 0.493 e. The monoisotopic (exact) mass is 267 g/mol. The van der Waals surface area contributed by atoms with Crippen LogP contribution in [0.15, 0.2) is 18.2 Å². The number of hydrogen-bond acceptors (Lipinski definition) is 4. The molecule has 1 aromatic rings. The summed E-state index contributed by atoms with van der Waals surface area (Å²) < 4.78 is 11.1. The van der Waals surface area contributed by atoms with Crippen molar-refractivity contribution in [3.8, 4) is 11.5 Å². The summed E-state index contributed by atoms with van der Waals surface area (Å²) in [4.78, 5) is 10.9. The van der Waals surface area contributed by atoms with Crippen molar-refractivity contribution < 1.29 is 19.4 Å². The van der Waals surface area contributed by atoms with E-state index < -0.39 is 12.0 Å². The van der Waals surface area contributed by atoms with E-state index in [1.54, 1.807) is 19.2 Å². The van der Waals surface area contributed by atoms with E-state index in [2.05, 4.69) is 0 Å². The van der Waals surface area contributed by atoms with Crippen LogP contribution in [0.5, 0.6) is 11.5 Å². The first-order chi connectivity index (χ1) is 8.99. The Balaban J connectivity index is 3.04. The first kappa shape index (κ1) is 15.3. The van der Waals surface area contributed by atoms with Gasteiger partial charge >= 0.3 is 5.97 Å². The zero-order valence-electron chi connectivity index (χ0n) is 11.6. The maximum Gasteiger partial charge on any atom is 0.320 e. The quantitative estimate of drug-likeness (QED) is 0.787. The van der Waals surface area contributed by atoms with Gasteiger partial charge in [0.2, 0.25) is 0 Å². The van der Waals surface area contributed by atoms with E-state index in [4.69, 9.17) is 20.3 Å². The van der Waals surface area contributed by atoms with Crippen molar-refractivity contribution in [1.29, 1.82) is 0 Å². The van der Waals surface area contributed by atoms with E-state index in [1.165, 1.54) is 0 Å². The molecule has 0 amide bonds. The predicted molar refractivity (Wildman–Crippen MR) is 72.7 cm³/mol. The normalized spacial score (nSPS) is 13.7. The summed E-state index contributed by atoms with van der Waals surface area (Å²) in [5.74, 6) is 0.142. The van der Waals surface area contributed by atoms with E-state index in [0.717, 1.165) is 12.0 Å². The third-order valence-corrected chi connectivity index (χ3v) is 2.93. The lowest BCUT2D eigenvalue weighted by atomic mass is 10.0. The molecule has 0 aromatic heterocycles. The van der Waals surface area contributed by atoms with Gasteiger partial charge in [-0.25, -0.2) is 0 Å². The predicted octanol–water partition coefficient (Wildman–Crippen LogP) is 1.83. The zero-order valence-corrected chi connectivity index (χ0v) is 11.6. The lowest BCUT2D eigenvalue weighted by Crippen LogP contribution is -2.32. The van der Waals surface area contributed by atoms with Gasteiger partial charge in [0.05, 0.1) is 13.2 Å². The molecule has 0 aliphatic carbocycles. The number of nitrogens with two attached hydrogens (primary N) is 1. The Kier molecular flexibility index (Phi) is 5.63. The molecule has 5 heteroatoms. The molecule has 0 radical (unpaired) electrons. The number of carboxylic acid groups (broad SMARTS) is 1. The number of ether oxygens (including phenoxy) is 2. The van der Waals surface area contributed by atoms with Crippen molar-refractivity contribution in [1.82, 2.24) is 0 Å². The standard InChI is InChI=1S/C14H21NO4/c1-4-9(2)19-13-10(8-11(15)14(16)17)6-5-7-12(13)18-3/h5-7,9,11H,4,8,15H2,1-3H3,(H,16,17). The minimum atomic E-state index is -1.03. The summed E-state index contributed by atoms with van der Waals surface area (Å²) in [6.45, 7) is 3.97. The van der Waals surface area contributed by atoms with Crippen LogP contribution in [0.25, 0.3) is 0 Å². The Labute approximate surface area is 113 Å². The fourth-order valence-corrected chi connectivity index (χ4v) is 1.63. The third kappa shape index (κ3) is 4.13. The molecule has 0 saturated heterocycles. The van der Waals surface area contributed by atoms with Crippen LogP contribution in [0.2, 0.25) is 0 Å². The molecule has 0 bridgehead atoms. The number of aliphatic carboxylic acids is 1. The second kappa shape index (κ2) is 6.99. The maximum atomic E-state index is 10.9. The lowest BCUT2D eigenvalue weighted by molar-refractivity contribution is -0.138. The number of para-hydroxylation sites is 1. The van der Waals surface area contributed by atoms with Crippen molar-refractivity contribution in [2.24, 2.45) is 5.73 Å². The number of methoxy groups -OCH3 is 1. The SMILES string of the molecule is CCC(C)Oc1c(CC(N)C(=O)O)cccc1OC. The average Bonchev–Trinajstić information content (AvgIpc) is 2.40. The molecule has 5 nitrogen and oxygen atoms in total. The number of carboxylic acids is 1. The molecular weight excluding hydrogens is 246 g/mol. The van der Waals surface area contributed by atoms with Crippen LogP contribution in [0, 0.1) is 0 Å². The second-order valence-electron chi connectivity index (χ2n) is 4.43. The fraction of sp³-hybridized carbons (Fsp3) is 0.500. The minimum Gasteiger partial charge on any atom is -0.493 e. The van der Waals surface area contributed by atoms with Gasteiger partial charge in [-0.05, 0) is 19.4 Å². The summed E-state index contributed by atoms with van der Waals surface area (Å²) in [7, 11) is 1.56. The van der Waals surface area contributed by atoms with Gasteiger partial charge in [-0.2, -0.15) is 0 Å². The Morgan fingerprint density at radius 1 is 1.47 bits per heavy atom. The molecule has 0 saturated carbocycles. The van der Waals surface area contributed by atoms with Gasteiger partial charge < -0.3 is 20.3 Å². The molecule has 2 atom stereocenters. The molecule has 1 aromatic carbocycles. The van der Waals surface area contributed by atoms with E-state index in [-0.39, 0.29) is 12.5 Å². The number of benzene rings is 1. The summed E-state index contributed by atoms with van der Waals surface area (Å²) >= 11 is 0. The van der Waals surface area contributed by atoms with Crippen LogP contribution in [0.4, 0.5) is 0 Å². The van der Waals surface area contributed by atoms with Gasteiger partial charge in [0, 0.05) is 12.0 Å². The minimum absolute atomic E-state index is 0.0242. The maximum absolute atomic E-state index is 10.9. The summed E-state index contributed by atoms with van der Waals surface area (Å²) in [6, 6.07) is 4.44. The van der Waals surface area contributed by atoms with Crippen LogP contribution in [-0.2, 0) is 11.2 Å². The van der Waals surface area contributed by atoms with Crippen molar-refractivity contribution in [2.75, 3.05) is 7.11 Å². The van der Waals surface area contributed by atoms with Crippen molar-refractivity contribution >= 4 is 5.97 Å². The lowest BCUT2D eigenvalue weighted by Gasteiger charge is -2.19. The van der Waals surface area contributed by atoms with Crippen molar-refractivity contribution in [3.05, 3.63) is 23.8 Å². The summed E-state index contributed by atoms with van der Waals surface area (Å²) in [5.41, 5.74) is 6.32. The van der Waals surface area contributed by atoms with Crippen LogP contribution >= 0.6 is 0 Å². The summed E-state index contributed by atoms with van der Waals surface area (Å²) in [5, 5.41) is 8.89. The first-order valence-corrected chi connectivity index (χ1v) is 6.30. The van der Waals surface area contributed by atoms with Gasteiger partial charge in [0.25, 0.3) is 0 Å². The van der Waals surface area contributed by atoms with E-state index in [9.17, 15) is 4.79 Å². The first-order valence-electron chi connectivity index (χ1n) is 6.30.